The summed E-state index contributed by atoms with van der Waals surface area (Å²) in [4.78, 5) is 51.5. The number of carbonyl (C=O) groups excluding carboxylic acids is 4. The smallest absolute Gasteiger partial charge is 0.348 e. The zero-order chi connectivity index (χ0) is 32.7. The molecule has 13 heteroatoms. The van der Waals surface area contributed by atoms with Crippen LogP contribution >= 0.6 is 23.1 Å². The highest BCUT2D eigenvalue weighted by atomic mass is 32.2. The Morgan fingerprint density at radius 1 is 0.911 bits per heavy atom. The lowest BCUT2D eigenvalue weighted by Gasteiger charge is -2.12. The Balaban J connectivity index is 1.55. The molecule has 0 saturated heterocycles. The monoisotopic (exact) mass is 649 g/mol. The van der Waals surface area contributed by atoms with Gasteiger partial charge in [-0.25, -0.2) is 9.59 Å². The Labute approximate surface area is 269 Å². The first-order chi connectivity index (χ1) is 21.5. The minimum atomic E-state index is -0.642. The normalized spacial score (nSPS) is 10.8. The zero-order valence-corrected chi connectivity index (χ0v) is 27.6. The van der Waals surface area contributed by atoms with Gasteiger partial charge in [-0.1, -0.05) is 30.0 Å². The molecule has 0 bridgehead atoms. The molecule has 0 aliphatic carbocycles. The van der Waals surface area contributed by atoms with Crippen LogP contribution in [0.4, 0.5) is 5.00 Å². The van der Waals surface area contributed by atoms with Gasteiger partial charge in [0.1, 0.15) is 9.88 Å². The van der Waals surface area contributed by atoms with Crippen LogP contribution < -0.4 is 10.6 Å². The van der Waals surface area contributed by atoms with Crippen LogP contribution in [0.3, 0.4) is 0 Å². The molecule has 0 atom stereocenters. The highest BCUT2D eigenvalue weighted by molar-refractivity contribution is 7.99. The summed E-state index contributed by atoms with van der Waals surface area (Å²) in [6.45, 7) is 11.3. The van der Waals surface area contributed by atoms with E-state index in [9.17, 15) is 19.2 Å². The first kappa shape index (κ1) is 33.4. The number of hydrogen-bond acceptors (Lipinski definition) is 10. The van der Waals surface area contributed by atoms with E-state index >= 15 is 0 Å². The Bertz CT molecular complexity index is 1750. The topological polar surface area (TPSA) is 142 Å². The van der Waals surface area contributed by atoms with Gasteiger partial charge in [-0.05, 0) is 88.1 Å². The van der Waals surface area contributed by atoms with Gasteiger partial charge < -0.3 is 20.1 Å². The number of ether oxygens (including phenoxy) is 2. The van der Waals surface area contributed by atoms with Crippen molar-refractivity contribution in [3.05, 3.63) is 86.5 Å². The Hall–Kier alpha value is -4.49. The standard InChI is InChI=1S/C32H35N5O6S2/c1-7-42-30(40)26-21(6)27(31(41)43-8-2)45-29(26)34-25(38)17-44-32-36-35-24(37(32)23-11-9-10-18(3)14-23)16-33-28(39)22-13-12-19(4)20(5)15-22/h9-15H,7-8,16-17H2,1-6H3,(H,33,39)(H,34,38). The maximum absolute atomic E-state index is 13.2. The number of thiophene rings is 1. The number of carbonyl (C=O) groups is 4. The van der Waals surface area contributed by atoms with Crippen molar-refractivity contribution in [2.24, 2.45) is 0 Å². The summed E-state index contributed by atoms with van der Waals surface area (Å²) in [5, 5.41) is 15.0. The molecule has 0 saturated carbocycles. The second-order valence-electron chi connectivity index (χ2n) is 10.1. The first-order valence-corrected chi connectivity index (χ1v) is 16.1. The maximum atomic E-state index is 13.2. The molecule has 0 aliphatic rings. The number of nitrogens with one attached hydrogen (secondary N) is 2. The summed E-state index contributed by atoms with van der Waals surface area (Å²) in [6, 6.07) is 13.2. The van der Waals surface area contributed by atoms with Crippen LogP contribution in [0.1, 0.15) is 72.3 Å². The molecule has 2 aromatic carbocycles. The van der Waals surface area contributed by atoms with Crippen molar-refractivity contribution in [2.75, 3.05) is 24.3 Å². The highest BCUT2D eigenvalue weighted by Gasteiger charge is 2.27. The lowest BCUT2D eigenvalue weighted by molar-refractivity contribution is -0.113. The molecule has 2 N–H and O–H groups in total. The van der Waals surface area contributed by atoms with Gasteiger partial charge in [-0.15, -0.1) is 21.5 Å². The summed E-state index contributed by atoms with van der Waals surface area (Å²) in [6.07, 6.45) is 0. The number of hydrogen-bond donors (Lipinski definition) is 2. The number of esters is 2. The predicted octanol–water partition coefficient (Wildman–Crippen LogP) is 5.58. The van der Waals surface area contributed by atoms with Crippen LogP contribution in [0, 0.1) is 27.7 Å². The molecule has 0 radical (unpaired) electrons. The van der Waals surface area contributed by atoms with Gasteiger partial charge in [-0.3, -0.25) is 14.2 Å². The average molecular weight is 650 g/mol. The number of benzene rings is 2. The van der Waals surface area contributed by atoms with Gasteiger partial charge in [0.2, 0.25) is 5.91 Å². The molecule has 0 aliphatic heterocycles. The molecule has 45 heavy (non-hydrogen) atoms. The van der Waals surface area contributed by atoms with Crippen LogP contribution in [-0.2, 0) is 20.8 Å². The van der Waals surface area contributed by atoms with Crippen LogP contribution in [0.25, 0.3) is 5.69 Å². The van der Waals surface area contributed by atoms with Crippen LogP contribution in [0.15, 0.2) is 47.6 Å². The molecule has 11 nitrogen and oxygen atoms in total. The Kier molecular flexibility index (Phi) is 11.1. The molecule has 2 aromatic heterocycles. The van der Waals surface area contributed by atoms with E-state index in [2.05, 4.69) is 20.8 Å². The second kappa shape index (κ2) is 15.0. The molecular weight excluding hydrogens is 615 g/mol. The quantitative estimate of drug-likeness (QED) is 0.149. The molecule has 0 fully saturated rings. The predicted molar refractivity (Wildman–Crippen MR) is 174 cm³/mol. The van der Waals surface area contributed by atoms with Gasteiger partial charge >= 0.3 is 11.9 Å². The average Bonchev–Trinajstić information content (AvgIpc) is 3.56. The molecule has 4 rings (SSSR count). The fourth-order valence-corrected chi connectivity index (χ4v) is 6.29. The summed E-state index contributed by atoms with van der Waals surface area (Å²) in [7, 11) is 0. The third-order valence-corrected chi connectivity index (χ3v) is 8.93. The van der Waals surface area contributed by atoms with Crippen molar-refractivity contribution in [1.29, 1.82) is 0 Å². The zero-order valence-electron chi connectivity index (χ0n) is 26.0. The highest BCUT2D eigenvalue weighted by Crippen LogP contribution is 2.35. The van der Waals surface area contributed by atoms with E-state index in [1.54, 1.807) is 31.4 Å². The lowest BCUT2D eigenvalue weighted by atomic mass is 10.1. The first-order valence-electron chi connectivity index (χ1n) is 14.3. The van der Waals surface area contributed by atoms with Gasteiger partial charge in [-0.2, -0.15) is 0 Å². The van der Waals surface area contributed by atoms with Crippen LogP contribution in [0.5, 0.6) is 0 Å². The molecular formula is C32H35N5O6S2. The van der Waals surface area contributed by atoms with E-state index in [-0.39, 0.29) is 46.9 Å². The summed E-state index contributed by atoms with van der Waals surface area (Å²) in [5.74, 6) is -1.48. The number of amides is 2. The van der Waals surface area contributed by atoms with Crippen molar-refractivity contribution >= 4 is 51.9 Å². The SMILES string of the molecule is CCOC(=O)c1sc(NC(=O)CSc2nnc(CNC(=O)c3ccc(C)c(C)c3)n2-c2cccc(C)c2)c(C(=O)OCC)c1C. The van der Waals surface area contributed by atoms with Gasteiger partial charge in [0, 0.05) is 11.3 Å². The van der Waals surface area contributed by atoms with E-state index < -0.39 is 17.8 Å². The van der Waals surface area contributed by atoms with Crippen molar-refractivity contribution in [1.82, 2.24) is 20.1 Å². The summed E-state index contributed by atoms with van der Waals surface area (Å²) in [5.41, 5.74) is 4.95. The molecule has 236 valence electrons. The fraction of sp³-hybridized carbons (Fsp3) is 0.312. The Morgan fingerprint density at radius 3 is 2.33 bits per heavy atom. The van der Waals surface area contributed by atoms with Crippen LogP contribution in [-0.4, -0.2) is 57.5 Å². The van der Waals surface area contributed by atoms with Crippen molar-refractivity contribution in [3.63, 3.8) is 0 Å². The largest absolute Gasteiger partial charge is 0.462 e. The van der Waals surface area contributed by atoms with E-state index in [1.165, 1.54) is 0 Å². The van der Waals surface area contributed by atoms with E-state index in [0.29, 0.717) is 22.1 Å². The summed E-state index contributed by atoms with van der Waals surface area (Å²) < 4.78 is 12.1. The number of aryl methyl sites for hydroxylation is 3. The number of thioether (sulfide) groups is 1. The number of nitrogens with zero attached hydrogens (tertiary/aromatic N) is 3. The van der Waals surface area contributed by atoms with Crippen molar-refractivity contribution < 1.29 is 28.7 Å². The number of anilines is 1. The van der Waals surface area contributed by atoms with E-state index in [1.807, 2.05) is 57.2 Å². The van der Waals surface area contributed by atoms with Gasteiger partial charge in [0.15, 0.2) is 11.0 Å². The number of rotatable bonds is 12. The summed E-state index contributed by atoms with van der Waals surface area (Å²) >= 11 is 2.10. The van der Waals surface area contributed by atoms with Crippen LogP contribution in [0.2, 0.25) is 0 Å². The second-order valence-corrected chi connectivity index (χ2v) is 12.1. The third kappa shape index (κ3) is 7.97. The van der Waals surface area contributed by atoms with Crippen molar-refractivity contribution in [3.8, 4) is 5.69 Å². The third-order valence-electron chi connectivity index (χ3n) is 6.81. The Morgan fingerprint density at radius 2 is 1.64 bits per heavy atom. The molecule has 2 heterocycles. The van der Waals surface area contributed by atoms with Crippen molar-refractivity contribution in [2.45, 2.75) is 53.2 Å². The minimum Gasteiger partial charge on any atom is -0.462 e. The van der Waals surface area contributed by atoms with Gasteiger partial charge in [0.05, 0.1) is 31.1 Å². The van der Waals surface area contributed by atoms with E-state index in [0.717, 1.165) is 45.5 Å². The van der Waals surface area contributed by atoms with Gasteiger partial charge in [0.25, 0.3) is 5.91 Å². The number of aromatic nitrogens is 3. The fourth-order valence-electron chi connectivity index (χ4n) is 4.41. The van der Waals surface area contributed by atoms with E-state index in [4.69, 9.17) is 9.47 Å². The lowest BCUT2D eigenvalue weighted by Crippen LogP contribution is -2.25. The molecule has 0 unspecified atom stereocenters. The maximum Gasteiger partial charge on any atom is 0.348 e. The molecule has 4 aromatic rings. The molecule has 0 spiro atoms. The minimum absolute atomic E-state index is 0.0765. The molecule has 2 amide bonds.